The van der Waals surface area contributed by atoms with Crippen molar-refractivity contribution in [2.45, 2.75) is 38.0 Å². The number of hydrogen-bond acceptors (Lipinski definition) is 3. The Bertz CT molecular complexity index is 498. The lowest BCUT2D eigenvalue weighted by molar-refractivity contribution is -0.134. The number of carbonyl (C=O) groups excluding carboxylic acids is 1. The number of rotatable bonds is 2. The van der Waals surface area contributed by atoms with Crippen molar-refractivity contribution < 1.29 is 4.79 Å². The number of nitrogens with one attached hydrogen (secondary N) is 2. The molecule has 2 saturated heterocycles. The van der Waals surface area contributed by atoms with Crippen molar-refractivity contribution in [3.63, 3.8) is 0 Å². The molecule has 2 N–H and O–H groups in total. The zero-order valence-corrected chi connectivity index (χ0v) is 12.5. The van der Waals surface area contributed by atoms with Crippen LogP contribution >= 0.6 is 0 Å². The van der Waals surface area contributed by atoms with Crippen molar-refractivity contribution in [3.05, 3.63) is 18.2 Å². The number of amides is 1. The summed E-state index contributed by atoms with van der Waals surface area (Å²) in [4.78, 5) is 22.4. The fraction of sp³-hybridized carbons (Fsp3) is 0.750. The van der Waals surface area contributed by atoms with Gasteiger partial charge in [-0.3, -0.25) is 4.79 Å². The van der Waals surface area contributed by atoms with E-state index >= 15 is 0 Å². The molecule has 1 saturated carbocycles. The largest absolute Gasteiger partial charge is 0.348 e. The number of aromatic amines is 1. The van der Waals surface area contributed by atoms with Crippen LogP contribution in [-0.4, -0.2) is 47.0 Å². The fourth-order valence-electron chi connectivity index (χ4n) is 4.27. The summed E-state index contributed by atoms with van der Waals surface area (Å²) in [6.07, 6.45) is 9.29. The van der Waals surface area contributed by atoms with Crippen molar-refractivity contribution in [1.82, 2.24) is 20.2 Å². The quantitative estimate of drug-likeness (QED) is 0.867. The monoisotopic (exact) mass is 288 g/mol. The smallest absolute Gasteiger partial charge is 0.226 e. The summed E-state index contributed by atoms with van der Waals surface area (Å²) in [5, 5.41) is 3.41. The summed E-state index contributed by atoms with van der Waals surface area (Å²) in [6, 6.07) is 0. The highest BCUT2D eigenvalue weighted by molar-refractivity contribution is 5.82. The average Bonchev–Trinajstić information content (AvgIpc) is 2.99. The molecule has 1 spiro atoms. The summed E-state index contributed by atoms with van der Waals surface area (Å²) >= 11 is 0. The molecule has 5 heteroatoms. The maximum absolute atomic E-state index is 12.7. The van der Waals surface area contributed by atoms with E-state index in [9.17, 15) is 4.79 Å². The van der Waals surface area contributed by atoms with Crippen LogP contribution in [0.3, 0.4) is 0 Å². The lowest BCUT2D eigenvalue weighted by atomic mass is 9.91. The van der Waals surface area contributed by atoms with Crippen LogP contribution in [-0.2, 0) is 4.79 Å². The Morgan fingerprint density at radius 3 is 2.71 bits per heavy atom. The fourth-order valence-corrected chi connectivity index (χ4v) is 4.27. The molecule has 2 aliphatic heterocycles. The minimum absolute atomic E-state index is 0.319. The molecule has 114 valence electrons. The number of likely N-dealkylation sites (tertiary alicyclic amines) is 1. The van der Waals surface area contributed by atoms with Gasteiger partial charge in [0, 0.05) is 37.3 Å². The minimum atomic E-state index is 0.319. The average molecular weight is 288 g/mol. The summed E-state index contributed by atoms with van der Waals surface area (Å²) in [7, 11) is 0. The molecule has 3 fully saturated rings. The Hall–Kier alpha value is -1.36. The van der Waals surface area contributed by atoms with Gasteiger partial charge in [0.15, 0.2) is 0 Å². The van der Waals surface area contributed by atoms with E-state index in [2.05, 4.69) is 20.2 Å². The van der Waals surface area contributed by atoms with Crippen molar-refractivity contribution in [2.24, 2.45) is 11.3 Å². The van der Waals surface area contributed by atoms with Gasteiger partial charge >= 0.3 is 0 Å². The van der Waals surface area contributed by atoms with Gasteiger partial charge in [-0.2, -0.15) is 0 Å². The second-order valence-corrected chi connectivity index (χ2v) is 6.94. The number of carbonyl (C=O) groups is 1. The first-order valence-electron chi connectivity index (χ1n) is 8.27. The van der Waals surface area contributed by atoms with Crippen molar-refractivity contribution in [3.8, 4) is 0 Å². The number of H-pyrrole nitrogens is 1. The molecule has 5 nitrogen and oxygen atoms in total. The number of imidazole rings is 1. The van der Waals surface area contributed by atoms with Crippen molar-refractivity contribution in [2.75, 3.05) is 26.2 Å². The maximum atomic E-state index is 12.7. The van der Waals surface area contributed by atoms with Gasteiger partial charge < -0.3 is 15.2 Å². The molecule has 1 amide bonds. The van der Waals surface area contributed by atoms with Crippen molar-refractivity contribution >= 4 is 5.91 Å². The van der Waals surface area contributed by atoms with Crippen LogP contribution in [0.25, 0.3) is 0 Å². The van der Waals surface area contributed by atoms with Crippen LogP contribution in [0.4, 0.5) is 0 Å². The van der Waals surface area contributed by atoms with Crippen LogP contribution in [0.1, 0.15) is 43.8 Å². The minimum Gasteiger partial charge on any atom is -0.348 e. The molecule has 0 bridgehead atoms. The molecule has 3 heterocycles. The first-order valence-corrected chi connectivity index (χ1v) is 8.27. The highest BCUT2D eigenvalue weighted by atomic mass is 16.2. The van der Waals surface area contributed by atoms with Gasteiger partial charge in [-0.15, -0.1) is 0 Å². The van der Waals surface area contributed by atoms with Crippen LogP contribution in [0.15, 0.2) is 12.4 Å². The van der Waals surface area contributed by atoms with Crippen LogP contribution in [0.5, 0.6) is 0 Å². The number of nitrogens with zero attached hydrogens (tertiary/aromatic N) is 2. The van der Waals surface area contributed by atoms with Gasteiger partial charge in [-0.1, -0.05) is 0 Å². The Kier molecular flexibility index (Phi) is 3.25. The summed E-state index contributed by atoms with van der Waals surface area (Å²) in [6.45, 7) is 3.97. The molecule has 1 atom stereocenters. The third kappa shape index (κ3) is 2.37. The van der Waals surface area contributed by atoms with E-state index in [4.69, 9.17) is 0 Å². The third-order valence-electron chi connectivity index (χ3n) is 5.80. The Morgan fingerprint density at radius 2 is 2.05 bits per heavy atom. The van der Waals surface area contributed by atoms with E-state index in [0.29, 0.717) is 23.2 Å². The highest BCUT2D eigenvalue weighted by Crippen LogP contribution is 2.59. The van der Waals surface area contributed by atoms with Crippen molar-refractivity contribution in [1.29, 1.82) is 0 Å². The maximum Gasteiger partial charge on any atom is 0.226 e. The first kappa shape index (κ1) is 13.3. The van der Waals surface area contributed by atoms with E-state index in [1.807, 2.05) is 12.4 Å². The number of hydrogen-bond donors (Lipinski definition) is 2. The predicted octanol–water partition coefficient (Wildman–Crippen LogP) is 1.51. The van der Waals surface area contributed by atoms with Crippen LogP contribution < -0.4 is 5.32 Å². The standard InChI is InChI=1S/C16H24N4O/c21-15(13-11-16(13)3-5-17-6-4-16)20-9-1-12(2-10-20)14-18-7-8-19-14/h7-8,12-13,17H,1-6,9-11H2,(H,18,19). The topological polar surface area (TPSA) is 61.0 Å². The molecular weight excluding hydrogens is 264 g/mol. The van der Waals surface area contributed by atoms with Gasteiger partial charge in [0.25, 0.3) is 0 Å². The van der Waals surface area contributed by atoms with Gasteiger partial charge in [-0.25, -0.2) is 4.98 Å². The van der Waals surface area contributed by atoms with E-state index in [1.54, 1.807) is 0 Å². The van der Waals surface area contributed by atoms with Gasteiger partial charge in [-0.05, 0) is 50.6 Å². The zero-order chi connectivity index (χ0) is 14.3. The van der Waals surface area contributed by atoms with Gasteiger partial charge in [0.2, 0.25) is 5.91 Å². The summed E-state index contributed by atoms with van der Waals surface area (Å²) in [5.41, 5.74) is 0.361. The Labute approximate surface area is 125 Å². The number of aromatic nitrogens is 2. The molecule has 1 aromatic rings. The van der Waals surface area contributed by atoms with E-state index in [-0.39, 0.29) is 0 Å². The van der Waals surface area contributed by atoms with E-state index < -0.39 is 0 Å². The lowest BCUT2D eigenvalue weighted by Crippen LogP contribution is -2.41. The van der Waals surface area contributed by atoms with Gasteiger partial charge in [0.05, 0.1) is 0 Å². The third-order valence-corrected chi connectivity index (χ3v) is 5.80. The second-order valence-electron chi connectivity index (χ2n) is 6.94. The molecule has 4 rings (SSSR count). The summed E-state index contributed by atoms with van der Waals surface area (Å²) < 4.78 is 0. The second kappa shape index (κ2) is 5.13. The molecular formula is C16H24N4O. The zero-order valence-electron chi connectivity index (χ0n) is 12.5. The van der Waals surface area contributed by atoms with E-state index in [1.165, 1.54) is 12.8 Å². The van der Waals surface area contributed by atoms with Gasteiger partial charge in [0.1, 0.15) is 5.82 Å². The highest BCUT2D eigenvalue weighted by Gasteiger charge is 2.58. The summed E-state index contributed by atoms with van der Waals surface area (Å²) in [5.74, 6) is 2.33. The number of piperidine rings is 2. The molecule has 21 heavy (non-hydrogen) atoms. The molecule has 3 aliphatic rings. The van der Waals surface area contributed by atoms with Crippen LogP contribution in [0, 0.1) is 11.3 Å². The van der Waals surface area contributed by atoms with Crippen LogP contribution in [0.2, 0.25) is 0 Å². The normalized spacial score (nSPS) is 28.8. The predicted molar refractivity (Wildman–Crippen MR) is 79.8 cm³/mol. The molecule has 0 aromatic carbocycles. The first-order chi connectivity index (χ1) is 10.3. The molecule has 0 radical (unpaired) electrons. The van der Waals surface area contributed by atoms with E-state index in [0.717, 1.165) is 51.3 Å². The Morgan fingerprint density at radius 1 is 1.29 bits per heavy atom. The SMILES string of the molecule is O=C(C1CC12CCNCC2)N1CCC(c2ncc[nH]2)CC1. The Balaban J connectivity index is 1.33. The molecule has 1 aliphatic carbocycles. The lowest BCUT2D eigenvalue weighted by Gasteiger charge is -2.32. The molecule has 1 aromatic heterocycles. The molecule has 1 unspecified atom stereocenters.